The van der Waals surface area contributed by atoms with E-state index >= 15 is 0 Å². The van der Waals surface area contributed by atoms with Gasteiger partial charge in [-0.3, -0.25) is 4.79 Å². The van der Waals surface area contributed by atoms with Crippen LogP contribution in [0.15, 0.2) is 42.5 Å². The number of benzene rings is 2. The van der Waals surface area contributed by atoms with Gasteiger partial charge in [-0.25, -0.2) is 0 Å². The van der Waals surface area contributed by atoms with E-state index in [-0.39, 0.29) is 17.1 Å². The maximum atomic E-state index is 12.3. The number of allylic oxidation sites excluding steroid dienone is 1. The smallest absolute Gasteiger partial charge is 0.193 e. The van der Waals surface area contributed by atoms with E-state index in [0.717, 1.165) is 0 Å². The summed E-state index contributed by atoms with van der Waals surface area (Å²) in [6.07, 6.45) is 0. The minimum absolute atomic E-state index is 0.114. The lowest BCUT2D eigenvalue weighted by molar-refractivity contribution is -0.242. The summed E-state index contributed by atoms with van der Waals surface area (Å²) in [6.45, 7) is 0. The fourth-order valence-electron chi connectivity index (χ4n) is 2.19. The van der Waals surface area contributed by atoms with Crippen LogP contribution in [0.2, 0.25) is 10.0 Å². The molecule has 2 nitrogen and oxygen atoms in total. The molecule has 0 N–H and O–H groups in total. The first-order chi connectivity index (χ1) is 9.09. The maximum absolute atomic E-state index is 12.3. The van der Waals surface area contributed by atoms with Crippen molar-refractivity contribution in [2.75, 3.05) is 0 Å². The minimum Gasteiger partial charge on any atom is -0.872 e. The summed E-state index contributed by atoms with van der Waals surface area (Å²) in [5.41, 5.74) is 1.39. The average molecular weight is 290 g/mol. The summed E-state index contributed by atoms with van der Waals surface area (Å²) in [5, 5.41) is 13.1. The lowest BCUT2D eigenvalue weighted by Crippen LogP contribution is -2.04. The van der Waals surface area contributed by atoms with Gasteiger partial charge in [0, 0.05) is 26.7 Å². The molecule has 0 bridgehead atoms. The number of carbonyl (C=O) groups is 1. The van der Waals surface area contributed by atoms with Crippen molar-refractivity contribution in [3.05, 3.63) is 69.2 Å². The second-order valence-electron chi connectivity index (χ2n) is 4.20. The highest BCUT2D eigenvalue weighted by Gasteiger charge is 2.26. The molecule has 0 spiro atoms. The predicted molar refractivity (Wildman–Crippen MR) is 74.0 cm³/mol. The number of rotatable bonds is 1. The highest BCUT2D eigenvalue weighted by Crippen LogP contribution is 2.38. The van der Waals surface area contributed by atoms with Gasteiger partial charge in [0.05, 0.1) is 0 Å². The third-order valence-electron chi connectivity index (χ3n) is 3.07. The first-order valence-electron chi connectivity index (χ1n) is 5.60. The maximum Gasteiger partial charge on any atom is 0.193 e. The second kappa shape index (κ2) is 4.41. The van der Waals surface area contributed by atoms with E-state index in [1.807, 2.05) is 0 Å². The van der Waals surface area contributed by atoms with E-state index in [9.17, 15) is 9.90 Å². The molecule has 0 aromatic heterocycles. The van der Waals surface area contributed by atoms with Crippen molar-refractivity contribution < 1.29 is 9.90 Å². The molecule has 3 rings (SSSR count). The van der Waals surface area contributed by atoms with Crippen LogP contribution >= 0.6 is 23.2 Å². The molecular formula is C15H7Cl2O2-. The van der Waals surface area contributed by atoms with Gasteiger partial charge < -0.3 is 5.11 Å². The summed E-state index contributed by atoms with van der Waals surface area (Å²) >= 11 is 11.9. The number of ketones is 1. The molecule has 0 unspecified atom stereocenters. The first kappa shape index (κ1) is 12.3. The number of fused-ring (bicyclic) bond motifs is 1. The van der Waals surface area contributed by atoms with E-state index in [4.69, 9.17) is 23.2 Å². The monoisotopic (exact) mass is 289 g/mol. The molecule has 1 aliphatic rings. The third-order valence-corrected chi connectivity index (χ3v) is 3.62. The van der Waals surface area contributed by atoms with Gasteiger partial charge in [-0.2, -0.15) is 0 Å². The number of halogens is 2. The zero-order valence-electron chi connectivity index (χ0n) is 9.61. The van der Waals surface area contributed by atoms with Gasteiger partial charge in [0.2, 0.25) is 0 Å². The van der Waals surface area contributed by atoms with Gasteiger partial charge >= 0.3 is 0 Å². The summed E-state index contributed by atoms with van der Waals surface area (Å²) in [4.78, 5) is 12.3. The third kappa shape index (κ3) is 1.84. The SMILES string of the molecule is O=C1C(c2ccc(Cl)cc2Cl)=C([O-])c2ccccc21. The van der Waals surface area contributed by atoms with Gasteiger partial charge in [-0.15, -0.1) is 0 Å². The molecule has 0 saturated heterocycles. The van der Waals surface area contributed by atoms with Crippen LogP contribution in [-0.4, -0.2) is 5.78 Å². The average Bonchev–Trinajstić information content (AvgIpc) is 2.64. The van der Waals surface area contributed by atoms with Crippen LogP contribution < -0.4 is 5.11 Å². The van der Waals surface area contributed by atoms with Crippen molar-refractivity contribution in [2.45, 2.75) is 0 Å². The van der Waals surface area contributed by atoms with E-state index in [0.29, 0.717) is 26.7 Å². The Morgan fingerprint density at radius 1 is 0.895 bits per heavy atom. The molecule has 0 fully saturated rings. The molecule has 0 saturated carbocycles. The molecule has 0 radical (unpaired) electrons. The zero-order valence-corrected chi connectivity index (χ0v) is 11.1. The quantitative estimate of drug-likeness (QED) is 0.807. The lowest BCUT2D eigenvalue weighted by atomic mass is 10.0. The highest BCUT2D eigenvalue weighted by atomic mass is 35.5. The molecule has 0 atom stereocenters. The Kier molecular flexibility index (Phi) is 2.85. The van der Waals surface area contributed by atoms with Crippen molar-refractivity contribution in [1.82, 2.24) is 0 Å². The Bertz CT molecular complexity index is 733. The molecule has 4 heteroatoms. The Labute approximate surface area is 119 Å². The minimum atomic E-state index is -0.287. The molecule has 94 valence electrons. The largest absolute Gasteiger partial charge is 0.872 e. The van der Waals surface area contributed by atoms with Crippen molar-refractivity contribution in [2.24, 2.45) is 0 Å². The Balaban J connectivity index is 2.23. The zero-order chi connectivity index (χ0) is 13.6. The van der Waals surface area contributed by atoms with Gasteiger partial charge in [-0.05, 0) is 17.7 Å². The van der Waals surface area contributed by atoms with Crippen molar-refractivity contribution in [3.8, 4) is 0 Å². The van der Waals surface area contributed by atoms with Gasteiger partial charge in [-0.1, -0.05) is 59.3 Å². The van der Waals surface area contributed by atoms with Gasteiger partial charge in [0.15, 0.2) is 5.78 Å². The van der Waals surface area contributed by atoms with Gasteiger partial charge in [0.25, 0.3) is 0 Å². The number of Topliss-reactive ketones (excluding diaryl/α,β-unsaturated/α-hetero) is 1. The summed E-state index contributed by atoms with van der Waals surface area (Å²) in [7, 11) is 0. The first-order valence-corrected chi connectivity index (χ1v) is 6.36. The molecule has 0 amide bonds. The fourth-order valence-corrected chi connectivity index (χ4v) is 2.69. The van der Waals surface area contributed by atoms with Crippen molar-refractivity contribution in [1.29, 1.82) is 0 Å². The van der Waals surface area contributed by atoms with Crippen LogP contribution in [0.5, 0.6) is 0 Å². The Morgan fingerprint density at radius 3 is 2.21 bits per heavy atom. The van der Waals surface area contributed by atoms with E-state index in [1.54, 1.807) is 36.4 Å². The molecule has 2 aromatic rings. The second-order valence-corrected chi connectivity index (χ2v) is 5.05. The van der Waals surface area contributed by atoms with Crippen molar-refractivity contribution >= 4 is 40.3 Å². The lowest BCUT2D eigenvalue weighted by Gasteiger charge is -2.12. The molecule has 0 aliphatic heterocycles. The van der Waals surface area contributed by atoms with E-state index in [1.165, 1.54) is 6.07 Å². The highest BCUT2D eigenvalue weighted by molar-refractivity contribution is 6.43. The molecule has 0 heterocycles. The standard InChI is InChI=1S/C15H8Cl2O2/c16-8-5-6-11(12(17)7-8)13-14(18)9-3-1-2-4-10(9)15(13)19/h1-7,18H/p-1. The van der Waals surface area contributed by atoms with Crippen LogP contribution in [0, 0.1) is 0 Å². The molecule has 2 aromatic carbocycles. The normalized spacial score (nSPS) is 13.9. The van der Waals surface area contributed by atoms with Crippen LogP contribution in [0.25, 0.3) is 11.3 Å². The number of hydrogen-bond acceptors (Lipinski definition) is 2. The van der Waals surface area contributed by atoms with Gasteiger partial charge in [0.1, 0.15) is 0 Å². The molecule has 1 aliphatic carbocycles. The van der Waals surface area contributed by atoms with Crippen LogP contribution in [0.1, 0.15) is 21.5 Å². The molecule has 19 heavy (non-hydrogen) atoms. The van der Waals surface area contributed by atoms with Crippen LogP contribution in [0.3, 0.4) is 0 Å². The van der Waals surface area contributed by atoms with E-state index < -0.39 is 0 Å². The van der Waals surface area contributed by atoms with E-state index in [2.05, 4.69) is 0 Å². The summed E-state index contributed by atoms with van der Waals surface area (Å²) < 4.78 is 0. The summed E-state index contributed by atoms with van der Waals surface area (Å²) in [6, 6.07) is 11.5. The van der Waals surface area contributed by atoms with Crippen LogP contribution in [0.4, 0.5) is 0 Å². The topological polar surface area (TPSA) is 40.1 Å². The van der Waals surface area contributed by atoms with Crippen LogP contribution in [-0.2, 0) is 0 Å². The van der Waals surface area contributed by atoms with Crippen molar-refractivity contribution in [3.63, 3.8) is 0 Å². The predicted octanol–water partition coefficient (Wildman–Crippen LogP) is 3.42. The fraction of sp³-hybridized carbons (Fsp3) is 0. The Hall–Kier alpha value is -1.77. The molecular weight excluding hydrogens is 283 g/mol. The number of carbonyl (C=O) groups excluding carboxylic acids is 1. The Morgan fingerprint density at radius 2 is 1.58 bits per heavy atom. The summed E-state index contributed by atoms with van der Waals surface area (Å²) in [5.74, 6) is -0.574. The number of hydrogen-bond donors (Lipinski definition) is 0.